The van der Waals surface area contributed by atoms with E-state index in [0.29, 0.717) is 0 Å². The summed E-state index contributed by atoms with van der Waals surface area (Å²) in [5.41, 5.74) is 11.0. The Morgan fingerprint density at radius 1 is 0.630 bits per heavy atom. The number of nitrogens with zero attached hydrogens (tertiary/aromatic N) is 1. The largest absolute Gasteiger partial charge is 0.256 e. The number of hydrogen-bond donors (Lipinski definition) is 0. The van der Waals surface area contributed by atoms with E-state index in [1.807, 2.05) is 12.3 Å². The molecule has 4 aromatic rings. The van der Waals surface area contributed by atoms with Crippen LogP contribution in [-0.4, -0.2) is 4.98 Å². The Morgan fingerprint density at radius 2 is 1.33 bits per heavy atom. The van der Waals surface area contributed by atoms with E-state index in [1.165, 1.54) is 38.9 Å². The van der Waals surface area contributed by atoms with E-state index in [4.69, 9.17) is 0 Å². The zero-order chi connectivity index (χ0) is 17.8. The molecule has 0 atom stereocenters. The Bertz CT molecular complexity index is 1150. The summed E-state index contributed by atoms with van der Waals surface area (Å²) in [5, 5.41) is 0. The normalized spacial score (nSPS) is 15.4. The van der Waals surface area contributed by atoms with Crippen molar-refractivity contribution in [1.82, 2.24) is 4.98 Å². The summed E-state index contributed by atoms with van der Waals surface area (Å²) in [6.45, 7) is 0. The van der Waals surface area contributed by atoms with Crippen LogP contribution < -0.4 is 0 Å². The van der Waals surface area contributed by atoms with Crippen molar-refractivity contribution in [3.8, 4) is 22.4 Å². The Balaban J connectivity index is 1.60. The van der Waals surface area contributed by atoms with Crippen LogP contribution in [-0.2, 0) is 18.3 Å². The number of hydrogen-bond acceptors (Lipinski definition) is 1. The molecule has 1 heterocycles. The third-order valence-corrected chi connectivity index (χ3v) is 6.33. The molecule has 0 N–H and O–H groups in total. The molecule has 128 valence electrons. The highest BCUT2D eigenvalue weighted by atomic mass is 14.7. The molecule has 0 fully saturated rings. The predicted molar refractivity (Wildman–Crippen MR) is 110 cm³/mol. The number of fused-ring (bicyclic) bond motifs is 6. The molecule has 0 amide bonds. The van der Waals surface area contributed by atoms with E-state index in [9.17, 15) is 0 Å². The van der Waals surface area contributed by atoms with Gasteiger partial charge >= 0.3 is 0 Å². The van der Waals surface area contributed by atoms with E-state index in [1.54, 1.807) is 0 Å². The molecule has 27 heavy (non-hydrogen) atoms. The summed E-state index contributed by atoms with van der Waals surface area (Å²) in [6.07, 6.45) is 4.04. The molecule has 0 aliphatic heterocycles. The fraction of sp³-hybridized carbons (Fsp3) is 0.115. The van der Waals surface area contributed by atoms with Gasteiger partial charge in [0.15, 0.2) is 0 Å². The Kier molecular flexibility index (Phi) is 2.99. The Hall–Kier alpha value is -3.19. The molecule has 1 nitrogen and oxygen atoms in total. The third-order valence-electron chi connectivity index (χ3n) is 6.33. The first kappa shape index (κ1) is 14.9. The van der Waals surface area contributed by atoms with Gasteiger partial charge in [-0.2, -0.15) is 0 Å². The zero-order valence-corrected chi connectivity index (χ0v) is 15.0. The van der Waals surface area contributed by atoms with Gasteiger partial charge in [0.2, 0.25) is 0 Å². The lowest BCUT2D eigenvalue weighted by atomic mass is 9.75. The quantitative estimate of drug-likeness (QED) is 0.424. The average Bonchev–Trinajstić information content (AvgIpc) is 3.26. The lowest BCUT2D eigenvalue weighted by Gasteiger charge is -2.27. The van der Waals surface area contributed by atoms with Crippen LogP contribution in [0.2, 0.25) is 0 Å². The highest BCUT2D eigenvalue weighted by Crippen LogP contribution is 2.55. The van der Waals surface area contributed by atoms with Crippen molar-refractivity contribution in [2.45, 2.75) is 18.3 Å². The summed E-state index contributed by atoms with van der Waals surface area (Å²) in [7, 11) is 0. The summed E-state index contributed by atoms with van der Waals surface area (Å²) < 4.78 is 0. The maximum absolute atomic E-state index is 4.58. The molecule has 2 aliphatic rings. The van der Waals surface area contributed by atoms with Crippen LogP contribution in [0, 0.1) is 0 Å². The first-order valence-corrected chi connectivity index (χ1v) is 9.58. The number of benzene rings is 3. The van der Waals surface area contributed by atoms with Crippen LogP contribution in [0.4, 0.5) is 0 Å². The molecule has 2 aliphatic carbocycles. The number of rotatable bonds is 1. The fourth-order valence-corrected chi connectivity index (χ4v) is 5.14. The smallest absolute Gasteiger partial charge is 0.0702 e. The van der Waals surface area contributed by atoms with Gasteiger partial charge < -0.3 is 0 Å². The van der Waals surface area contributed by atoms with Crippen LogP contribution in [0.3, 0.4) is 0 Å². The first-order chi connectivity index (χ1) is 13.4. The Labute approximate surface area is 159 Å². The number of aromatic nitrogens is 1. The van der Waals surface area contributed by atoms with Gasteiger partial charge in [0, 0.05) is 17.2 Å². The Morgan fingerprint density at radius 3 is 2.11 bits per heavy atom. The molecule has 6 rings (SSSR count). The molecule has 3 aromatic carbocycles. The molecular weight excluding hydrogens is 326 g/mol. The molecule has 0 saturated carbocycles. The summed E-state index contributed by atoms with van der Waals surface area (Å²) >= 11 is 0. The summed E-state index contributed by atoms with van der Waals surface area (Å²) in [5.74, 6) is 0. The van der Waals surface area contributed by atoms with Crippen LogP contribution >= 0.6 is 0 Å². The minimum atomic E-state index is 0.0560. The van der Waals surface area contributed by atoms with Crippen molar-refractivity contribution in [2.24, 2.45) is 0 Å². The van der Waals surface area contributed by atoms with Crippen molar-refractivity contribution in [3.63, 3.8) is 0 Å². The van der Waals surface area contributed by atoms with Crippen LogP contribution in [0.25, 0.3) is 22.4 Å². The van der Waals surface area contributed by atoms with Gasteiger partial charge in [-0.05, 0) is 64.4 Å². The zero-order valence-electron chi connectivity index (χ0n) is 15.0. The van der Waals surface area contributed by atoms with Gasteiger partial charge in [-0.1, -0.05) is 66.7 Å². The average molecular weight is 345 g/mol. The minimum absolute atomic E-state index is 0.0560. The van der Waals surface area contributed by atoms with E-state index in [0.717, 1.165) is 18.5 Å². The van der Waals surface area contributed by atoms with E-state index in [2.05, 4.69) is 83.8 Å². The molecule has 1 aromatic heterocycles. The summed E-state index contributed by atoms with van der Waals surface area (Å²) in [6, 6.07) is 31.0. The highest BCUT2D eigenvalue weighted by Gasteiger charge is 2.46. The highest BCUT2D eigenvalue weighted by molar-refractivity contribution is 5.84. The van der Waals surface area contributed by atoms with E-state index < -0.39 is 0 Å². The van der Waals surface area contributed by atoms with Gasteiger partial charge in [0.25, 0.3) is 0 Å². The van der Waals surface area contributed by atoms with Gasteiger partial charge in [-0.25, -0.2) is 0 Å². The van der Waals surface area contributed by atoms with Gasteiger partial charge in [0.1, 0.15) is 0 Å². The van der Waals surface area contributed by atoms with Gasteiger partial charge in [-0.15, -0.1) is 0 Å². The maximum atomic E-state index is 4.58. The fourth-order valence-electron chi connectivity index (χ4n) is 5.14. The van der Waals surface area contributed by atoms with Crippen molar-refractivity contribution in [1.29, 1.82) is 0 Å². The molecule has 0 radical (unpaired) electrons. The van der Waals surface area contributed by atoms with Crippen molar-refractivity contribution >= 4 is 0 Å². The lowest BCUT2D eigenvalue weighted by molar-refractivity contribution is 0.564. The second kappa shape index (κ2) is 5.40. The summed E-state index contributed by atoms with van der Waals surface area (Å²) in [4.78, 5) is 4.58. The first-order valence-electron chi connectivity index (χ1n) is 9.58. The molecule has 0 unspecified atom stereocenters. The molecular formula is C26H19N. The SMILES string of the molecule is c1ccc(-c2ccc3c(c2)C2(Cc4ccccc4C2)c2ccccc2-3)nc1. The van der Waals surface area contributed by atoms with Gasteiger partial charge in [0.05, 0.1) is 5.69 Å². The van der Waals surface area contributed by atoms with Crippen molar-refractivity contribution < 1.29 is 0 Å². The molecule has 1 heteroatoms. The lowest BCUT2D eigenvalue weighted by Crippen LogP contribution is -2.25. The van der Waals surface area contributed by atoms with E-state index in [-0.39, 0.29) is 5.41 Å². The molecule has 0 bridgehead atoms. The predicted octanol–water partition coefficient (Wildman–Crippen LogP) is 5.81. The number of pyridine rings is 1. The van der Waals surface area contributed by atoms with E-state index >= 15 is 0 Å². The van der Waals surface area contributed by atoms with Crippen molar-refractivity contribution in [2.75, 3.05) is 0 Å². The minimum Gasteiger partial charge on any atom is -0.256 e. The maximum Gasteiger partial charge on any atom is 0.0702 e. The standard InChI is InChI=1S/C26H19N/c1-2-8-20-17-26(16-19(20)7-1)23-10-4-3-9-21(23)22-13-12-18(15-24(22)26)25-11-5-6-14-27-25/h1-15H,16-17H2. The topological polar surface area (TPSA) is 12.9 Å². The third kappa shape index (κ3) is 2.03. The van der Waals surface area contributed by atoms with Crippen LogP contribution in [0.5, 0.6) is 0 Å². The molecule has 0 saturated heterocycles. The monoisotopic (exact) mass is 345 g/mol. The second-order valence-electron chi connectivity index (χ2n) is 7.73. The van der Waals surface area contributed by atoms with Crippen molar-refractivity contribution in [3.05, 3.63) is 113 Å². The van der Waals surface area contributed by atoms with Gasteiger partial charge in [-0.3, -0.25) is 4.98 Å². The van der Waals surface area contributed by atoms with Crippen LogP contribution in [0.15, 0.2) is 91.1 Å². The van der Waals surface area contributed by atoms with Crippen LogP contribution in [0.1, 0.15) is 22.3 Å². The second-order valence-corrected chi connectivity index (χ2v) is 7.73. The molecule has 1 spiro atoms.